The van der Waals surface area contributed by atoms with Gasteiger partial charge in [-0.1, -0.05) is 49.2 Å². The number of aryl methyl sites for hydroxylation is 2. The van der Waals surface area contributed by atoms with Gasteiger partial charge in [-0.15, -0.1) is 0 Å². The Balaban J connectivity index is 1.44. The summed E-state index contributed by atoms with van der Waals surface area (Å²) in [5.41, 5.74) is 7.57. The number of esters is 1. The van der Waals surface area contributed by atoms with E-state index in [0.29, 0.717) is 5.92 Å². The molecule has 0 N–H and O–H groups in total. The van der Waals surface area contributed by atoms with Gasteiger partial charge >= 0.3 is 5.97 Å². The first-order chi connectivity index (χ1) is 16.7. The molecule has 4 aromatic rings. The summed E-state index contributed by atoms with van der Waals surface area (Å²) in [5.74, 6) is 0.112. The van der Waals surface area contributed by atoms with Crippen LogP contribution in [0.3, 0.4) is 0 Å². The van der Waals surface area contributed by atoms with E-state index >= 15 is 0 Å². The summed E-state index contributed by atoms with van der Waals surface area (Å²) in [6.45, 7) is 10.0. The fourth-order valence-corrected chi connectivity index (χ4v) is 5.78. The molecule has 2 heterocycles. The van der Waals surface area contributed by atoms with Crippen LogP contribution in [0, 0.1) is 19.8 Å². The van der Waals surface area contributed by atoms with Gasteiger partial charge in [-0.2, -0.15) is 0 Å². The molecule has 4 nitrogen and oxygen atoms in total. The summed E-state index contributed by atoms with van der Waals surface area (Å²) in [4.78, 5) is 17.9. The lowest BCUT2D eigenvalue weighted by Crippen LogP contribution is -2.30. The Labute approximate surface area is 208 Å². The minimum atomic E-state index is -0.473. The van der Waals surface area contributed by atoms with Crippen LogP contribution in [0.1, 0.15) is 80.5 Å². The van der Waals surface area contributed by atoms with Crippen LogP contribution in [0.25, 0.3) is 16.6 Å². The molecule has 1 saturated carbocycles. The van der Waals surface area contributed by atoms with E-state index < -0.39 is 5.60 Å². The van der Waals surface area contributed by atoms with E-state index in [1.165, 1.54) is 40.6 Å². The molecule has 4 heteroatoms. The molecule has 1 aliphatic carbocycles. The second-order valence-corrected chi connectivity index (χ2v) is 11.2. The largest absolute Gasteiger partial charge is 0.459 e. The van der Waals surface area contributed by atoms with Crippen LogP contribution in [0.5, 0.6) is 0 Å². The standard InChI is InChI=1S/C31H36N2O2/c1-20-17-21(2)33-27-12-8-11-25(26(27)19-28(33)32-20)18-22-13-15-24(16-14-22)29(23-9-6-7-10-23)30(34)35-31(3,4)5/h8,11-17,19,23,29H,6-7,9-10,18H2,1-5H3. The van der Waals surface area contributed by atoms with Gasteiger partial charge in [-0.25, -0.2) is 4.98 Å². The van der Waals surface area contributed by atoms with Gasteiger partial charge in [-0.3, -0.25) is 9.20 Å². The Hall–Kier alpha value is -3.14. The third-order valence-corrected chi connectivity index (χ3v) is 7.24. The predicted octanol–water partition coefficient (Wildman–Crippen LogP) is 7.31. The zero-order chi connectivity index (χ0) is 24.7. The lowest BCUT2D eigenvalue weighted by atomic mass is 9.84. The van der Waals surface area contributed by atoms with Crippen LogP contribution in [-0.4, -0.2) is 21.0 Å². The number of hydrogen-bond acceptors (Lipinski definition) is 3. The number of ether oxygens (including phenoxy) is 1. The van der Waals surface area contributed by atoms with Gasteiger partial charge in [0.15, 0.2) is 0 Å². The Morgan fingerprint density at radius 3 is 2.46 bits per heavy atom. The maximum atomic E-state index is 13.2. The molecule has 35 heavy (non-hydrogen) atoms. The molecule has 182 valence electrons. The fourth-order valence-electron chi connectivity index (χ4n) is 5.78. The fraction of sp³-hybridized carbons (Fsp3) is 0.419. The first-order valence-electron chi connectivity index (χ1n) is 12.9. The second-order valence-electron chi connectivity index (χ2n) is 11.2. The molecule has 2 aromatic carbocycles. The molecule has 1 aliphatic rings. The monoisotopic (exact) mass is 468 g/mol. The molecule has 0 amide bonds. The van der Waals surface area contributed by atoms with Crippen molar-refractivity contribution in [2.24, 2.45) is 5.92 Å². The van der Waals surface area contributed by atoms with Crippen molar-refractivity contribution in [3.05, 3.63) is 82.7 Å². The molecule has 1 fully saturated rings. The van der Waals surface area contributed by atoms with Gasteiger partial charge in [-0.05, 0) is 94.7 Å². The molecule has 1 atom stereocenters. The first kappa shape index (κ1) is 23.6. The van der Waals surface area contributed by atoms with E-state index in [4.69, 9.17) is 9.72 Å². The normalized spacial score (nSPS) is 15.7. The number of aromatic nitrogens is 2. The van der Waals surface area contributed by atoms with Crippen molar-refractivity contribution in [1.82, 2.24) is 9.38 Å². The SMILES string of the molecule is Cc1cc(C)n2c(cc3c(Cc4ccc(C(C(=O)OC(C)(C)C)C5CCCC5)cc4)cccc32)n1. The summed E-state index contributed by atoms with van der Waals surface area (Å²) >= 11 is 0. The second kappa shape index (κ2) is 9.14. The Morgan fingerprint density at radius 1 is 1.06 bits per heavy atom. The lowest BCUT2D eigenvalue weighted by Gasteiger charge is -2.27. The van der Waals surface area contributed by atoms with E-state index in [9.17, 15) is 4.79 Å². The van der Waals surface area contributed by atoms with Crippen LogP contribution in [0.2, 0.25) is 0 Å². The number of hydrogen-bond donors (Lipinski definition) is 0. The van der Waals surface area contributed by atoms with Crippen molar-refractivity contribution in [2.45, 2.75) is 78.2 Å². The van der Waals surface area contributed by atoms with Crippen molar-refractivity contribution in [1.29, 1.82) is 0 Å². The zero-order valence-electron chi connectivity index (χ0n) is 21.6. The molecule has 2 aromatic heterocycles. The van der Waals surface area contributed by atoms with Gasteiger partial charge < -0.3 is 4.74 Å². The smallest absolute Gasteiger partial charge is 0.314 e. The van der Waals surface area contributed by atoms with Gasteiger partial charge in [0, 0.05) is 16.8 Å². The summed E-state index contributed by atoms with van der Waals surface area (Å²) in [7, 11) is 0. The Morgan fingerprint density at radius 2 is 1.77 bits per heavy atom. The van der Waals surface area contributed by atoms with E-state index in [1.807, 2.05) is 27.7 Å². The molecule has 0 radical (unpaired) electrons. The number of fused-ring (bicyclic) bond motifs is 3. The summed E-state index contributed by atoms with van der Waals surface area (Å²) in [5, 5.41) is 1.25. The van der Waals surface area contributed by atoms with Crippen LogP contribution < -0.4 is 0 Å². The Kier molecular flexibility index (Phi) is 6.16. The van der Waals surface area contributed by atoms with Crippen LogP contribution in [0.15, 0.2) is 54.6 Å². The van der Waals surface area contributed by atoms with Crippen LogP contribution >= 0.6 is 0 Å². The van der Waals surface area contributed by atoms with E-state index in [-0.39, 0.29) is 11.9 Å². The maximum Gasteiger partial charge on any atom is 0.314 e. The summed E-state index contributed by atoms with van der Waals surface area (Å²) in [6, 6.07) is 19.5. The number of carbonyl (C=O) groups is 1. The van der Waals surface area contributed by atoms with Crippen LogP contribution in [-0.2, 0) is 16.0 Å². The minimum Gasteiger partial charge on any atom is -0.459 e. The summed E-state index contributed by atoms with van der Waals surface area (Å²) in [6.07, 6.45) is 5.44. The topological polar surface area (TPSA) is 43.6 Å². The zero-order valence-corrected chi connectivity index (χ0v) is 21.6. The molecular formula is C31H36N2O2. The maximum absolute atomic E-state index is 13.2. The number of benzene rings is 2. The highest BCUT2D eigenvalue weighted by Crippen LogP contribution is 2.39. The highest BCUT2D eigenvalue weighted by Gasteiger charge is 2.35. The molecular weight excluding hydrogens is 432 g/mol. The molecule has 0 bridgehead atoms. The first-order valence-corrected chi connectivity index (χ1v) is 12.9. The third-order valence-electron chi connectivity index (χ3n) is 7.24. The van der Waals surface area contributed by atoms with Gasteiger partial charge in [0.2, 0.25) is 0 Å². The summed E-state index contributed by atoms with van der Waals surface area (Å²) < 4.78 is 8.08. The van der Waals surface area contributed by atoms with Crippen molar-refractivity contribution < 1.29 is 9.53 Å². The third kappa shape index (κ3) is 4.84. The van der Waals surface area contributed by atoms with Crippen molar-refractivity contribution in [3.8, 4) is 0 Å². The minimum absolute atomic E-state index is 0.0828. The van der Waals surface area contributed by atoms with E-state index in [0.717, 1.165) is 36.2 Å². The average Bonchev–Trinajstić information content (AvgIpc) is 3.42. The highest BCUT2D eigenvalue weighted by atomic mass is 16.6. The van der Waals surface area contributed by atoms with E-state index in [2.05, 4.69) is 65.9 Å². The highest BCUT2D eigenvalue weighted by molar-refractivity contribution is 5.89. The van der Waals surface area contributed by atoms with Crippen molar-refractivity contribution in [2.75, 3.05) is 0 Å². The van der Waals surface area contributed by atoms with Gasteiger partial charge in [0.05, 0.1) is 11.4 Å². The molecule has 0 spiro atoms. The van der Waals surface area contributed by atoms with Crippen molar-refractivity contribution in [3.63, 3.8) is 0 Å². The number of nitrogens with zero attached hydrogens (tertiary/aromatic N) is 2. The molecule has 1 unspecified atom stereocenters. The number of carbonyl (C=O) groups excluding carboxylic acids is 1. The Bertz CT molecular complexity index is 1370. The average molecular weight is 469 g/mol. The van der Waals surface area contributed by atoms with Gasteiger partial charge in [0.25, 0.3) is 0 Å². The van der Waals surface area contributed by atoms with E-state index in [1.54, 1.807) is 0 Å². The van der Waals surface area contributed by atoms with Crippen LogP contribution in [0.4, 0.5) is 0 Å². The number of rotatable bonds is 5. The van der Waals surface area contributed by atoms with Gasteiger partial charge in [0.1, 0.15) is 11.2 Å². The molecule has 0 saturated heterocycles. The molecule has 0 aliphatic heterocycles. The van der Waals surface area contributed by atoms with Crippen molar-refractivity contribution >= 4 is 22.5 Å². The lowest BCUT2D eigenvalue weighted by molar-refractivity contribution is -0.158. The quantitative estimate of drug-likeness (QED) is 0.288. The molecule has 5 rings (SSSR count). The predicted molar refractivity (Wildman–Crippen MR) is 142 cm³/mol.